The van der Waals surface area contributed by atoms with Gasteiger partial charge in [0.25, 0.3) is 0 Å². The molecule has 0 aromatic heterocycles. The van der Waals surface area contributed by atoms with Crippen molar-refractivity contribution in [2.24, 2.45) is 0 Å². The van der Waals surface area contributed by atoms with Crippen molar-refractivity contribution in [1.29, 1.82) is 0 Å². The fourth-order valence-electron chi connectivity index (χ4n) is 1.30. The first-order valence-electron chi connectivity index (χ1n) is 3.83. The van der Waals surface area contributed by atoms with Crippen LogP contribution in [0.4, 0.5) is 0 Å². The van der Waals surface area contributed by atoms with Crippen LogP contribution in [-0.4, -0.2) is 36.9 Å². The standard InChI is InChI=1S/C7H16N2O/c1-7(2-5-10)6-8-3-4-9-7/h8-10H,2-6H2,1H3. The lowest BCUT2D eigenvalue weighted by Crippen LogP contribution is -2.57. The van der Waals surface area contributed by atoms with Crippen molar-refractivity contribution in [3.63, 3.8) is 0 Å². The number of rotatable bonds is 2. The third kappa shape index (κ3) is 1.94. The van der Waals surface area contributed by atoms with Crippen LogP contribution in [0, 0.1) is 0 Å². The fourth-order valence-corrected chi connectivity index (χ4v) is 1.30. The smallest absolute Gasteiger partial charge is 0.0448 e. The summed E-state index contributed by atoms with van der Waals surface area (Å²) >= 11 is 0. The first-order chi connectivity index (χ1) is 4.77. The largest absolute Gasteiger partial charge is 0.396 e. The molecule has 0 saturated carbocycles. The predicted octanol–water partition coefficient (Wildman–Crippen LogP) is -0.680. The third-order valence-electron chi connectivity index (χ3n) is 2.03. The van der Waals surface area contributed by atoms with Gasteiger partial charge < -0.3 is 15.7 Å². The molecule has 1 atom stereocenters. The third-order valence-corrected chi connectivity index (χ3v) is 2.03. The van der Waals surface area contributed by atoms with Gasteiger partial charge in [0.1, 0.15) is 0 Å². The topological polar surface area (TPSA) is 44.3 Å². The highest BCUT2D eigenvalue weighted by Gasteiger charge is 2.24. The zero-order valence-corrected chi connectivity index (χ0v) is 6.48. The van der Waals surface area contributed by atoms with E-state index in [1.165, 1.54) is 0 Å². The number of aliphatic hydroxyl groups is 1. The van der Waals surface area contributed by atoms with Gasteiger partial charge in [0.2, 0.25) is 0 Å². The Hall–Kier alpha value is -0.120. The lowest BCUT2D eigenvalue weighted by molar-refractivity contribution is 0.202. The Labute approximate surface area is 61.8 Å². The maximum atomic E-state index is 8.72. The van der Waals surface area contributed by atoms with E-state index in [9.17, 15) is 0 Å². The molecule has 1 aliphatic rings. The van der Waals surface area contributed by atoms with E-state index in [1.807, 2.05) is 0 Å². The molecule has 1 rings (SSSR count). The van der Waals surface area contributed by atoms with Crippen LogP contribution >= 0.6 is 0 Å². The summed E-state index contributed by atoms with van der Waals surface area (Å²) in [6.07, 6.45) is 0.833. The SMILES string of the molecule is CC1(CCO)CNCCN1. The quantitative estimate of drug-likeness (QED) is 0.481. The molecule has 0 aliphatic carbocycles. The zero-order valence-electron chi connectivity index (χ0n) is 6.48. The molecule has 3 heteroatoms. The van der Waals surface area contributed by atoms with Gasteiger partial charge in [-0.1, -0.05) is 0 Å². The number of aliphatic hydroxyl groups excluding tert-OH is 1. The Balaban J connectivity index is 2.32. The van der Waals surface area contributed by atoms with Gasteiger partial charge in [-0.2, -0.15) is 0 Å². The molecule has 10 heavy (non-hydrogen) atoms. The molecule has 1 unspecified atom stereocenters. The van der Waals surface area contributed by atoms with Crippen LogP contribution in [0.15, 0.2) is 0 Å². The Kier molecular flexibility index (Phi) is 2.65. The Morgan fingerprint density at radius 1 is 1.50 bits per heavy atom. The van der Waals surface area contributed by atoms with Gasteiger partial charge in [-0.25, -0.2) is 0 Å². The van der Waals surface area contributed by atoms with Crippen molar-refractivity contribution in [2.45, 2.75) is 18.9 Å². The van der Waals surface area contributed by atoms with E-state index in [2.05, 4.69) is 17.6 Å². The van der Waals surface area contributed by atoms with Crippen molar-refractivity contribution >= 4 is 0 Å². The maximum absolute atomic E-state index is 8.72. The van der Waals surface area contributed by atoms with Crippen LogP contribution in [-0.2, 0) is 0 Å². The average molecular weight is 144 g/mol. The molecular weight excluding hydrogens is 128 g/mol. The summed E-state index contributed by atoms with van der Waals surface area (Å²) in [4.78, 5) is 0. The minimum atomic E-state index is 0.118. The zero-order chi connectivity index (χ0) is 7.45. The summed E-state index contributed by atoms with van der Waals surface area (Å²) in [5.74, 6) is 0. The van der Waals surface area contributed by atoms with Crippen molar-refractivity contribution in [3.05, 3.63) is 0 Å². The van der Waals surface area contributed by atoms with Gasteiger partial charge in [0.05, 0.1) is 0 Å². The van der Waals surface area contributed by atoms with Crippen molar-refractivity contribution in [2.75, 3.05) is 26.2 Å². The van der Waals surface area contributed by atoms with Crippen molar-refractivity contribution < 1.29 is 5.11 Å². The minimum absolute atomic E-state index is 0.118. The molecule has 3 N–H and O–H groups in total. The van der Waals surface area contributed by atoms with Crippen molar-refractivity contribution in [1.82, 2.24) is 10.6 Å². The monoisotopic (exact) mass is 144 g/mol. The number of piperazine rings is 1. The number of hydrogen-bond donors (Lipinski definition) is 3. The molecular formula is C7H16N2O. The first-order valence-corrected chi connectivity index (χ1v) is 3.83. The lowest BCUT2D eigenvalue weighted by atomic mass is 9.96. The molecule has 0 aromatic carbocycles. The Morgan fingerprint density at radius 2 is 2.30 bits per heavy atom. The fraction of sp³-hybridized carbons (Fsp3) is 1.00. The van der Waals surface area contributed by atoms with Crippen LogP contribution in [0.25, 0.3) is 0 Å². The number of nitrogens with one attached hydrogen (secondary N) is 2. The summed E-state index contributed by atoms with van der Waals surface area (Å²) in [6.45, 7) is 5.42. The second kappa shape index (κ2) is 3.32. The summed E-state index contributed by atoms with van der Waals surface area (Å²) in [6, 6.07) is 0. The summed E-state index contributed by atoms with van der Waals surface area (Å²) in [5, 5.41) is 15.4. The summed E-state index contributed by atoms with van der Waals surface area (Å²) in [5.41, 5.74) is 0.118. The van der Waals surface area contributed by atoms with Gasteiger partial charge >= 0.3 is 0 Å². The van der Waals surface area contributed by atoms with E-state index in [0.717, 1.165) is 26.1 Å². The number of hydrogen-bond acceptors (Lipinski definition) is 3. The van der Waals surface area contributed by atoms with Crippen LogP contribution in [0.2, 0.25) is 0 Å². The molecule has 0 amide bonds. The Bertz CT molecular complexity index is 94.3. The molecule has 1 fully saturated rings. The molecule has 0 spiro atoms. The average Bonchev–Trinajstić information content (AvgIpc) is 1.89. The molecule has 1 aliphatic heterocycles. The summed E-state index contributed by atoms with van der Waals surface area (Å²) in [7, 11) is 0. The van der Waals surface area contributed by atoms with Gasteiger partial charge in [-0.15, -0.1) is 0 Å². The van der Waals surface area contributed by atoms with Gasteiger partial charge in [-0.05, 0) is 13.3 Å². The van der Waals surface area contributed by atoms with Gasteiger partial charge in [-0.3, -0.25) is 0 Å². The summed E-state index contributed by atoms with van der Waals surface area (Å²) < 4.78 is 0. The van der Waals surface area contributed by atoms with Gasteiger partial charge in [0.15, 0.2) is 0 Å². The molecule has 0 radical (unpaired) electrons. The normalized spacial score (nSPS) is 34.2. The van der Waals surface area contributed by atoms with E-state index in [0.29, 0.717) is 0 Å². The van der Waals surface area contributed by atoms with E-state index < -0.39 is 0 Å². The molecule has 60 valence electrons. The molecule has 0 aromatic rings. The highest BCUT2D eigenvalue weighted by molar-refractivity contribution is 4.88. The molecule has 1 heterocycles. The first kappa shape index (κ1) is 7.98. The molecule has 1 saturated heterocycles. The predicted molar refractivity (Wildman–Crippen MR) is 41.0 cm³/mol. The van der Waals surface area contributed by atoms with Crippen LogP contribution in [0.3, 0.4) is 0 Å². The van der Waals surface area contributed by atoms with Crippen LogP contribution < -0.4 is 10.6 Å². The second-order valence-electron chi connectivity index (χ2n) is 3.14. The minimum Gasteiger partial charge on any atom is -0.396 e. The molecule has 0 bridgehead atoms. The van der Waals surface area contributed by atoms with E-state index in [1.54, 1.807) is 0 Å². The second-order valence-corrected chi connectivity index (χ2v) is 3.14. The van der Waals surface area contributed by atoms with E-state index >= 15 is 0 Å². The van der Waals surface area contributed by atoms with E-state index in [-0.39, 0.29) is 12.1 Å². The van der Waals surface area contributed by atoms with Gasteiger partial charge in [0, 0.05) is 31.8 Å². The molecule has 3 nitrogen and oxygen atoms in total. The van der Waals surface area contributed by atoms with Crippen LogP contribution in [0.5, 0.6) is 0 Å². The highest BCUT2D eigenvalue weighted by Crippen LogP contribution is 2.08. The maximum Gasteiger partial charge on any atom is 0.0448 e. The Morgan fingerprint density at radius 3 is 2.80 bits per heavy atom. The van der Waals surface area contributed by atoms with Crippen LogP contribution in [0.1, 0.15) is 13.3 Å². The van der Waals surface area contributed by atoms with E-state index in [4.69, 9.17) is 5.11 Å². The van der Waals surface area contributed by atoms with Crippen molar-refractivity contribution in [3.8, 4) is 0 Å². The lowest BCUT2D eigenvalue weighted by Gasteiger charge is -2.35. The highest BCUT2D eigenvalue weighted by atomic mass is 16.3.